The van der Waals surface area contributed by atoms with Crippen molar-refractivity contribution in [2.24, 2.45) is 0 Å². The second-order valence-corrected chi connectivity index (χ2v) is 8.83. The Hall–Kier alpha value is -1.52. The van der Waals surface area contributed by atoms with Crippen LogP contribution >= 0.6 is 0 Å². The molecule has 0 saturated heterocycles. The van der Waals surface area contributed by atoms with E-state index in [-0.39, 0.29) is 0 Å². The monoisotopic (exact) mass is 662 g/mol. The lowest BCUT2D eigenvalue weighted by molar-refractivity contribution is -0.382. The summed E-state index contributed by atoms with van der Waals surface area (Å²) >= 11 is 0. The van der Waals surface area contributed by atoms with Crippen LogP contribution in [0.15, 0.2) is 0 Å². The molecule has 0 aliphatic heterocycles. The summed E-state index contributed by atoms with van der Waals surface area (Å²) in [6, 6.07) is 0. The fourth-order valence-corrected chi connectivity index (χ4v) is 1.95. The van der Waals surface area contributed by atoms with Gasteiger partial charge in [-0.1, -0.05) is 0 Å². The second-order valence-electron chi connectivity index (χ2n) is 5.91. The number of rotatable bonds is 6. The zero-order chi connectivity index (χ0) is 32.6. The van der Waals surface area contributed by atoms with E-state index in [1.165, 1.54) is 6.92 Å². The van der Waals surface area contributed by atoms with E-state index in [0.717, 1.165) is 0 Å². The number of halogens is 18. The molecule has 0 unspecified atom stereocenters. The molecule has 0 saturated carbocycles. The third kappa shape index (κ3) is 7.78. The highest BCUT2D eigenvalue weighted by molar-refractivity contribution is 7.87. The van der Waals surface area contributed by atoms with Gasteiger partial charge in [0.05, 0.1) is 0 Å². The van der Waals surface area contributed by atoms with Crippen molar-refractivity contribution in [2.75, 3.05) is 0 Å². The molecule has 0 aromatic heterocycles. The number of aliphatic hydroxyl groups excluding tert-OH is 1. The van der Waals surface area contributed by atoms with Crippen LogP contribution in [-0.2, 0) is 20.2 Å². The summed E-state index contributed by atoms with van der Waals surface area (Å²) < 4.78 is 268. The van der Waals surface area contributed by atoms with Crippen LogP contribution in [0.2, 0.25) is 0 Å². The van der Waals surface area contributed by atoms with Gasteiger partial charge in [0.15, 0.2) is 0 Å². The molecule has 38 heavy (non-hydrogen) atoms. The summed E-state index contributed by atoms with van der Waals surface area (Å²) in [5, 5.41) is 1.22. The molecule has 0 rings (SSSR count). The van der Waals surface area contributed by atoms with Crippen molar-refractivity contribution in [1.29, 1.82) is 0 Å². The second kappa shape index (κ2) is 11.2. The molecule has 0 heterocycles. The van der Waals surface area contributed by atoms with Gasteiger partial charge in [0.25, 0.3) is 0 Å². The Labute approximate surface area is 196 Å². The molecule has 28 heteroatoms. The fourth-order valence-electron chi connectivity index (χ4n) is 1.05. The van der Waals surface area contributed by atoms with Crippen LogP contribution in [0.25, 0.3) is 0 Å². The van der Waals surface area contributed by atoms with Crippen LogP contribution in [0.4, 0.5) is 79.0 Å². The topological polar surface area (TPSA) is 149 Å². The van der Waals surface area contributed by atoms with Crippen molar-refractivity contribution in [3.8, 4) is 0 Å². The highest BCUT2D eigenvalue weighted by Gasteiger charge is 2.86. The van der Waals surface area contributed by atoms with E-state index in [9.17, 15) is 95.9 Å². The lowest BCUT2D eigenvalue weighted by atomic mass is 10.1. The molecular weight excluding hydrogens is 654 g/mol. The summed E-state index contributed by atoms with van der Waals surface area (Å²) in [7, 11) is -14.3. The molecule has 0 atom stereocenters. The molecule has 0 fully saturated rings. The fraction of sp³-hybridized carbons (Fsp3) is 1.00. The van der Waals surface area contributed by atoms with E-state index in [1.807, 2.05) is 0 Å². The van der Waals surface area contributed by atoms with Crippen molar-refractivity contribution in [2.45, 2.75) is 59.8 Å². The van der Waals surface area contributed by atoms with Crippen LogP contribution in [-0.4, -0.2) is 89.0 Å². The van der Waals surface area contributed by atoms with Crippen molar-refractivity contribution < 1.29 is 115 Å². The molecule has 234 valence electrons. The Morgan fingerprint density at radius 2 is 0.579 bits per heavy atom. The van der Waals surface area contributed by atoms with E-state index >= 15 is 0 Å². The molecule has 0 aromatic carbocycles. The first-order valence-corrected chi connectivity index (χ1v) is 10.3. The van der Waals surface area contributed by atoms with Crippen LogP contribution in [0.1, 0.15) is 6.92 Å². The first kappa shape index (κ1) is 41.0. The van der Waals surface area contributed by atoms with Crippen molar-refractivity contribution in [3.63, 3.8) is 0 Å². The van der Waals surface area contributed by atoms with Gasteiger partial charge in [-0.25, -0.2) is 0 Å². The van der Waals surface area contributed by atoms with Gasteiger partial charge in [-0.2, -0.15) is 95.9 Å². The smallest absolute Gasteiger partial charge is 0.368 e. The van der Waals surface area contributed by atoms with Gasteiger partial charge < -0.3 is 10.2 Å². The standard InChI is InChI=1S/2C4HF9O3S.C2H6O2/c2*5-1(6,3(9,10)11)2(7,8)4(12,13)17(14,15)16;1-2(3)4/h2*(H,14,15,16);2-4H,1H3. The average Bonchev–Trinajstić information content (AvgIpc) is 2.57. The average molecular weight is 662 g/mol. The molecule has 0 amide bonds. The summed E-state index contributed by atoms with van der Waals surface area (Å²) in [5.74, 6) is -29.4. The summed E-state index contributed by atoms with van der Waals surface area (Å²) in [5.41, 5.74) is 0. The van der Waals surface area contributed by atoms with Crippen LogP contribution in [0, 0.1) is 0 Å². The minimum atomic E-state index is -7.37. The normalized spacial score (nSPS) is 15.4. The highest BCUT2D eigenvalue weighted by Crippen LogP contribution is 2.55. The zero-order valence-corrected chi connectivity index (χ0v) is 18.3. The van der Waals surface area contributed by atoms with E-state index in [2.05, 4.69) is 0 Å². The minimum Gasteiger partial charge on any atom is -0.368 e. The Bertz CT molecular complexity index is 914. The Morgan fingerprint density at radius 3 is 0.658 bits per heavy atom. The summed E-state index contributed by atoms with van der Waals surface area (Å²) in [6.45, 7) is 1.28. The van der Waals surface area contributed by atoms with E-state index in [4.69, 9.17) is 19.3 Å². The summed E-state index contributed by atoms with van der Waals surface area (Å²) in [6.07, 6.45) is -15.4. The molecule has 0 aliphatic carbocycles. The highest BCUT2D eigenvalue weighted by atomic mass is 32.2. The van der Waals surface area contributed by atoms with Gasteiger partial charge in [0.2, 0.25) is 0 Å². The first-order valence-electron chi connectivity index (χ1n) is 7.44. The molecule has 0 aliphatic rings. The third-order valence-corrected chi connectivity index (χ3v) is 4.69. The number of hydrogen-bond donors (Lipinski definition) is 4. The maximum atomic E-state index is 12.2. The number of aliphatic hydroxyl groups is 2. The minimum absolute atomic E-state index is 1.17. The van der Waals surface area contributed by atoms with Crippen LogP contribution in [0.5, 0.6) is 0 Å². The SMILES string of the molecule is CC(O)O.O=S(=O)(O)C(F)(F)C(F)(F)C(F)(F)C(F)(F)F.O=S(=O)(O)C(F)(F)C(F)(F)C(F)(F)C(F)(F)F. The molecule has 0 radical (unpaired) electrons. The Balaban J connectivity index is -0.000000564. The van der Waals surface area contributed by atoms with E-state index in [0.29, 0.717) is 0 Å². The van der Waals surface area contributed by atoms with Crippen molar-refractivity contribution >= 4 is 20.2 Å². The molecule has 4 N–H and O–H groups in total. The van der Waals surface area contributed by atoms with Gasteiger partial charge in [0.1, 0.15) is 6.29 Å². The quantitative estimate of drug-likeness (QED) is 0.190. The van der Waals surface area contributed by atoms with Gasteiger partial charge >= 0.3 is 66.8 Å². The predicted molar refractivity (Wildman–Crippen MR) is 78.8 cm³/mol. The van der Waals surface area contributed by atoms with Crippen molar-refractivity contribution in [3.05, 3.63) is 0 Å². The maximum Gasteiger partial charge on any atom is 0.460 e. The Morgan fingerprint density at radius 1 is 0.447 bits per heavy atom. The largest absolute Gasteiger partial charge is 0.460 e. The third-order valence-electron chi connectivity index (χ3n) is 2.88. The van der Waals surface area contributed by atoms with Gasteiger partial charge in [-0.15, -0.1) is 0 Å². The lowest BCUT2D eigenvalue weighted by Crippen LogP contribution is -2.63. The van der Waals surface area contributed by atoms with Crippen LogP contribution < -0.4 is 0 Å². The lowest BCUT2D eigenvalue weighted by Gasteiger charge is -2.31. The predicted octanol–water partition coefficient (Wildman–Crippen LogP) is 3.92. The zero-order valence-electron chi connectivity index (χ0n) is 16.6. The van der Waals surface area contributed by atoms with Crippen molar-refractivity contribution in [1.82, 2.24) is 0 Å². The summed E-state index contributed by atoms with van der Waals surface area (Å²) in [4.78, 5) is 0. The Kier molecular flexibility index (Phi) is 12.0. The molecular formula is C10H8F18O8S2. The number of hydrogen-bond acceptors (Lipinski definition) is 6. The molecule has 0 spiro atoms. The number of alkyl halides is 18. The van der Waals surface area contributed by atoms with E-state index in [1.54, 1.807) is 0 Å². The first-order chi connectivity index (χ1) is 15.7. The van der Waals surface area contributed by atoms with E-state index < -0.39 is 73.1 Å². The molecule has 0 aromatic rings. The van der Waals surface area contributed by atoms with Gasteiger partial charge in [0, 0.05) is 0 Å². The van der Waals surface area contributed by atoms with Gasteiger partial charge in [-0.3, -0.25) is 9.11 Å². The van der Waals surface area contributed by atoms with Gasteiger partial charge in [-0.05, 0) is 6.92 Å². The molecule has 8 nitrogen and oxygen atoms in total. The maximum absolute atomic E-state index is 12.2. The van der Waals surface area contributed by atoms with Crippen LogP contribution in [0.3, 0.4) is 0 Å². The molecule has 0 bridgehead atoms.